The van der Waals surface area contributed by atoms with E-state index in [1.807, 2.05) is 0 Å². The smallest absolute Gasteiger partial charge is 0.254 e. The molecular weight excluding hydrogens is 269 g/mol. The van der Waals surface area contributed by atoms with Crippen LogP contribution in [0.15, 0.2) is 39.0 Å². The third-order valence-corrected chi connectivity index (χ3v) is 2.76. The van der Waals surface area contributed by atoms with Crippen molar-refractivity contribution in [1.82, 2.24) is 5.32 Å². The SMILES string of the molecule is C=N/C(Cl)=C(/CNC(=O)c1cccc(C)c1F)N=C. The molecule has 19 heavy (non-hydrogen) atoms. The van der Waals surface area contributed by atoms with Gasteiger partial charge in [-0.05, 0) is 32.0 Å². The van der Waals surface area contributed by atoms with Gasteiger partial charge in [0.1, 0.15) is 5.82 Å². The van der Waals surface area contributed by atoms with E-state index in [-0.39, 0.29) is 23.0 Å². The van der Waals surface area contributed by atoms with E-state index in [9.17, 15) is 9.18 Å². The number of amides is 1. The van der Waals surface area contributed by atoms with E-state index in [0.717, 1.165) is 0 Å². The molecular formula is C13H13ClFN3O. The summed E-state index contributed by atoms with van der Waals surface area (Å²) in [4.78, 5) is 18.9. The van der Waals surface area contributed by atoms with Gasteiger partial charge in [0.15, 0.2) is 5.16 Å². The molecule has 0 saturated heterocycles. The summed E-state index contributed by atoms with van der Waals surface area (Å²) in [6, 6.07) is 4.59. The van der Waals surface area contributed by atoms with Crippen LogP contribution in [0.25, 0.3) is 0 Å². The summed E-state index contributed by atoms with van der Waals surface area (Å²) >= 11 is 5.71. The van der Waals surface area contributed by atoms with Crippen LogP contribution in [-0.4, -0.2) is 25.9 Å². The molecule has 100 valence electrons. The molecule has 4 nitrogen and oxygen atoms in total. The van der Waals surface area contributed by atoms with Crippen molar-refractivity contribution in [3.8, 4) is 0 Å². The molecule has 0 fully saturated rings. The largest absolute Gasteiger partial charge is 0.346 e. The quantitative estimate of drug-likeness (QED) is 0.655. The molecule has 0 heterocycles. The standard InChI is InChI=1S/C13H13ClFN3O/c1-8-5-4-6-9(11(8)15)13(19)18-7-10(16-2)12(14)17-3/h4-6H,2-3,7H2,1H3,(H,18,19)/b12-10-. The molecule has 0 unspecified atom stereocenters. The van der Waals surface area contributed by atoms with Crippen molar-refractivity contribution in [3.63, 3.8) is 0 Å². The molecule has 0 aliphatic heterocycles. The fourth-order valence-corrected chi connectivity index (χ4v) is 1.49. The molecule has 0 saturated carbocycles. The Hall–Kier alpha value is -2.01. The highest BCUT2D eigenvalue weighted by Crippen LogP contribution is 2.13. The lowest BCUT2D eigenvalue weighted by Crippen LogP contribution is -2.26. The Kier molecular flexibility index (Phi) is 5.38. The number of carbonyl (C=O) groups excluding carboxylic acids is 1. The number of halogens is 2. The van der Waals surface area contributed by atoms with Crippen LogP contribution in [0, 0.1) is 12.7 Å². The zero-order chi connectivity index (χ0) is 14.4. The van der Waals surface area contributed by atoms with Gasteiger partial charge >= 0.3 is 0 Å². The van der Waals surface area contributed by atoms with E-state index in [1.165, 1.54) is 6.07 Å². The van der Waals surface area contributed by atoms with Gasteiger partial charge in [-0.2, -0.15) is 0 Å². The molecule has 1 aromatic rings. The van der Waals surface area contributed by atoms with Crippen molar-refractivity contribution in [3.05, 3.63) is 46.0 Å². The average molecular weight is 282 g/mol. The number of aryl methyl sites for hydroxylation is 1. The van der Waals surface area contributed by atoms with Crippen LogP contribution in [0.1, 0.15) is 15.9 Å². The Morgan fingerprint density at radius 3 is 2.68 bits per heavy atom. The Bertz CT molecular complexity index is 555. The van der Waals surface area contributed by atoms with Crippen molar-refractivity contribution in [2.45, 2.75) is 6.92 Å². The Labute approximate surface area is 115 Å². The topological polar surface area (TPSA) is 53.8 Å². The van der Waals surface area contributed by atoms with Gasteiger partial charge in [-0.1, -0.05) is 23.7 Å². The number of benzene rings is 1. The minimum absolute atomic E-state index is 0.00638. The summed E-state index contributed by atoms with van der Waals surface area (Å²) in [5.41, 5.74) is 0.625. The van der Waals surface area contributed by atoms with Gasteiger partial charge < -0.3 is 5.32 Å². The van der Waals surface area contributed by atoms with E-state index < -0.39 is 11.7 Å². The molecule has 1 aromatic carbocycles. The first-order valence-corrected chi connectivity index (χ1v) is 5.74. The lowest BCUT2D eigenvalue weighted by molar-refractivity contribution is 0.0952. The van der Waals surface area contributed by atoms with Crippen LogP contribution in [0.4, 0.5) is 4.39 Å². The minimum Gasteiger partial charge on any atom is -0.346 e. The van der Waals surface area contributed by atoms with E-state index in [2.05, 4.69) is 28.7 Å². The molecule has 1 rings (SSSR count). The predicted molar refractivity (Wildman–Crippen MR) is 75.4 cm³/mol. The number of aliphatic imine (C=N–C) groups is 2. The maximum atomic E-state index is 13.7. The van der Waals surface area contributed by atoms with Crippen molar-refractivity contribution >= 4 is 30.9 Å². The fraction of sp³-hybridized carbons (Fsp3) is 0.154. The lowest BCUT2D eigenvalue weighted by atomic mass is 10.1. The Balaban J connectivity index is 2.84. The molecule has 6 heteroatoms. The van der Waals surface area contributed by atoms with E-state index >= 15 is 0 Å². The van der Waals surface area contributed by atoms with Gasteiger partial charge in [-0.3, -0.25) is 14.8 Å². The summed E-state index contributed by atoms with van der Waals surface area (Å²) < 4.78 is 13.7. The van der Waals surface area contributed by atoms with Gasteiger partial charge in [0.25, 0.3) is 5.91 Å². The molecule has 1 N–H and O–H groups in total. The van der Waals surface area contributed by atoms with Crippen LogP contribution in [0.5, 0.6) is 0 Å². The van der Waals surface area contributed by atoms with Gasteiger partial charge in [-0.25, -0.2) is 4.39 Å². The van der Waals surface area contributed by atoms with Crippen LogP contribution in [0.2, 0.25) is 0 Å². The maximum Gasteiger partial charge on any atom is 0.254 e. The van der Waals surface area contributed by atoms with Crippen LogP contribution < -0.4 is 5.32 Å². The monoisotopic (exact) mass is 281 g/mol. The number of hydrogen-bond acceptors (Lipinski definition) is 3. The minimum atomic E-state index is -0.559. The Morgan fingerprint density at radius 2 is 2.11 bits per heavy atom. The van der Waals surface area contributed by atoms with Gasteiger partial charge in [-0.15, -0.1) is 0 Å². The number of rotatable bonds is 5. The van der Waals surface area contributed by atoms with Gasteiger partial charge in [0.2, 0.25) is 0 Å². The third kappa shape index (κ3) is 3.72. The van der Waals surface area contributed by atoms with E-state index in [0.29, 0.717) is 5.56 Å². The number of carbonyl (C=O) groups is 1. The summed E-state index contributed by atoms with van der Waals surface area (Å²) in [5, 5.41) is 2.53. The lowest BCUT2D eigenvalue weighted by Gasteiger charge is -2.08. The number of hydrogen-bond donors (Lipinski definition) is 1. The Morgan fingerprint density at radius 1 is 1.42 bits per heavy atom. The van der Waals surface area contributed by atoms with E-state index in [1.54, 1.807) is 19.1 Å². The summed E-state index contributed by atoms with van der Waals surface area (Å²) in [7, 11) is 0. The first-order valence-electron chi connectivity index (χ1n) is 5.36. The highest BCUT2D eigenvalue weighted by molar-refractivity contribution is 6.30. The van der Waals surface area contributed by atoms with Crippen LogP contribution >= 0.6 is 11.6 Å². The second-order valence-electron chi connectivity index (χ2n) is 3.67. The molecule has 0 radical (unpaired) electrons. The van der Waals surface area contributed by atoms with Crippen molar-refractivity contribution in [2.75, 3.05) is 6.54 Å². The maximum absolute atomic E-state index is 13.7. The normalized spacial score (nSPS) is 11.5. The molecule has 0 aliphatic carbocycles. The summed E-state index contributed by atoms with van der Waals surface area (Å²) in [6.45, 7) is 8.13. The van der Waals surface area contributed by atoms with Crippen molar-refractivity contribution < 1.29 is 9.18 Å². The third-order valence-electron chi connectivity index (χ3n) is 2.42. The number of nitrogens with zero attached hydrogens (tertiary/aromatic N) is 2. The van der Waals surface area contributed by atoms with Crippen molar-refractivity contribution in [1.29, 1.82) is 0 Å². The van der Waals surface area contributed by atoms with Crippen LogP contribution in [0.3, 0.4) is 0 Å². The van der Waals surface area contributed by atoms with Crippen LogP contribution in [-0.2, 0) is 0 Å². The van der Waals surface area contributed by atoms with E-state index in [4.69, 9.17) is 11.6 Å². The highest BCUT2D eigenvalue weighted by atomic mass is 35.5. The molecule has 0 spiro atoms. The zero-order valence-electron chi connectivity index (χ0n) is 10.4. The van der Waals surface area contributed by atoms with Gasteiger partial charge in [0, 0.05) is 0 Å². The molecule has 1 amide bonds. The van der Waals surface area contributed by atoms with Gasteiger partial charge in [0.05, 0.1) is 17.8 Å². The summed E-state index contributed by atoms with van der Waals surface area (Å²) in [6.07, 6.45) is 0. The first-order chi connectivity index (χ1) is 9.01. The predicted octanol–water partition coefficient (Wildman–Crippen LogP) is 2.67. The molecule has 0 atom stereocenters. The second-order valence-corrected chi connectivity index (χ2v) is 4.03. The molecule has 0 bridgehead atoms. The molecule has 0 aromatic heterocycles. The fourth-order valence-electron chi connectivity index (χ4n) is 1.37. The molecule has 0 aliphatic rings. The first kappa shape index (κ1) is 15.0. The second kappa shape index (κ2) is 6.80. The highest BCUT2D eigenvalue weighted by Gasteiger charge is 2.13. The average Bonchev–Trinajstić information content (AvgIpc) is 2.41. The number of nitrogens with one attached hydrogen (secondary N) is 1. The van der Waals surface area contributed by atoms with Crippen molar-refractivity contribution in [2.24, 2.45) is 9.98 Å². The zero-order valence-corrected chi connectivity index (χ0v) is 11.2. The summed E-state index contributed by atoms with van der Waals surface area (Å²) in [5.74, 6) is -1.11.